The van der Waals surface area contributed by atoms with E-state index in [1.807, 2.05) is 0 Å². The maximum atomic E-state index is 13.8. The summed E-state index contributed by atoms with van der Waals surface area (Å²) < 4.78 is 85.8. The van der Waals surface area contributed by atoms with Crippen LogP contribution >= 0.6 is 23.1 Å². The highest BCUT2D eigenvalue weighted by Gasteiger charge is 2.57. The van der Waals surface area contributed by atoms with Crippen molar-refractivity contribution < 1.29 is 45.5 Å². The van der Waals surface area contributed by atoms with E-state index in [9.17, 15) is 45.5 Å². The molecule has 3 aromatic carbocycles. The summed E-state index contributed by atoms with van der Waals surface area (Å²) >= 11 is 1.74. The molecule has 3 heterocycles. The van der Waals surface area contributed by atoms with Crippen LogP contribution in [0, 0.1) is 5.92 Å². The predicted octanol–water partition coefficient (Wildman–Crippen LogP) is 6.29. The van der Waals surface area contributed by atoms with Crippen LogP contribution < -0.4 is 19.8 Å². The average molecular weight is 680 g/mol. The Hall–Kier alpha value is -4.57. The zero-order valence-corrected chi connectivity index (χ0v) is 24.6. The number of H-pyrrole nitrogens is 1. The second-order valence-electron chi connectivity index (χ2n) is 10.3. The number of hydrogen-bond acceptors (Lipinski definition) is 7. The summed E-state index contributed by atoms with van der Waals surface area (Å²) in [5, 5.41) is 1.54. The largest absolute Gasteiger partial charge is 0.484 e. The Morgan fingerprint density at radius 1 is 0.891 bits per heavy atom. The Labute approximate surface area is 263 Å². The first-order valence-corrected chi connectivity index (χ1v) is 15.1. The van der Waals surface area contributed by atoms with Crippen LogP contribution in [0.5, 0.6) is 5.75 Å². The number of anilines is 2. The van der Waals surface area contributed by atoms with Crippen LogP contribution in [0.1, 0.15) is 27.5 Å². The number of thiazole rings is 1. The minimum absolute atomic E-state index is 0.0764. The molecular formula is C30H19F6N3O5S2. The SMILES string of the molecule is O=C(COc1ccc([C@H]2c3sc(=O)[nH]c3SC3C(=O)N(c4ccccc4C(F)(F)F)C(=O)C32)cc1)Nc1cccc(C(F)(F)F)c1. The van der Waals surface area contributed by atoms with Crippen molar-refractivity contribution >= 4 is 52.2 Å². The first kappa shape index (κ1) is 31.4. The van der Waals surface area contributed by atoms with Gasteiger partial charge in [-0.25, -0.2) is 4.90 Å². The van der Waals surface area contributed by atoms with Crippen LogP contribution in [0.15, 0.2) is 82.6 Å². The van der Waals surface area contributed by atoms with Crippen LogP contribution in [0.4, 0.5) is 37.7 Å². The van der Waals surface area contributed by atoms with Gasteiger partial charge in [0.15, 0.2) is 6.61 Å². The third-order valence-corrected chi connectivity index (χ3v) is 9.76. The maximum Gasteiger partial charge on any atom is 0.418 e. The van der Waals surface area contributed by atoms with Crippen molar-refractivity contribution in [2.24, 2.45) is 5.92 Å². The number of hydrogen-bond donors (Lipinski definition) is 2. The van der Waals surface area contributed by atoms with Gasteiger partial charge >= 0.3 is 17.2 Å². The number of nitrogens with zero attached hydrogens (tertiary/aromatic N) is 1. The van der Waals surface area contributed by atoms with E-state index in [0.717, 1.165) is 59.5 Å². The molecule has 3 amide bonds. The highest BCUT2D eigenvalue weighted by molar-refractivity contribution is 8.00. The number of aromatic amines is 1. The lowest BCUT2D eigenvalue weighted by atomic mass is 9.83. The molecule has 1 fully saturated rings. The number of carbonyl (C=O) groups is 3. The molecule has 1 aromatic heterocycles. The summed E-state index contributed by atoms with van der Waals surface area (Å²) in [5.74, 6) is -4.24. The van der Waals surface area contributed by atoms with Crippen molar-refractivity contribution in [2.45, 2.75) is 28.5 Å². The van der Waals surface area contributed by atoms with E-state index in [0.29, 0.717) is 20.4 Å². The lowest BCUT2D eigenvalue weighted by Crippen LogP contribution is -2.33. The van der Waals surface area contributed by atoms with Crippen LogP contribution in [0.2, 0.25) is 0 Å². The van der Waals surface area contributed by atoms with Crippen LogP contribution in [-0.4, -0.2) is 34.6 Å². The van der Waals surface area contributed by atoms with Crippen molar-refractivity contribution in [3.05, 3.63) is 104 Å². The molecule has 238 valence electrons. The van der Waals surface area contributed by atoms with Gasteiger partial charge in [0.1, 0.15) is 11.0 Å². The maximum absolute atomic E-state index is 13.8. The predicted molar refractivity (Wildman–Crippen MR) is 156 cm³/mol. The van der Waals surface area contributed by atoms with Crippen molar-refractivity contribution in [3.8, 4) is 5.75 Å². The molecule has 0 spiro atoms. The number of carbonyl (C=O) groups excluding carboxylic acids is 3. The van der Waals surface area contributed by atoms with Gasteiger partial charge in [0.2, 0.25) is 11.8 Å². The molecule has 2 aliphatic heterocycles. The number of ether oxygens (including phenoxy) is 1. The lowest BCUT2D eigenvalue weighted by molar-refractivity contribution is -0.138. The number of amides is 3. The fourth-order valence-electron chi connectivity index (χ4n) is 5.41. The summed E-state index contributed by atoms with van der Waals surface area (Å²) in [5.41, 5.74) is -2.27. The molecule has 6 rings (SSSR count). The number of para-hydroxylation sites is 1. The molecule has 2 aliphatic rings. The number of fused-ring (bicyclic) bond motifs is 2. The number of imide groups is 1. The van der Waals surface area contributed by atoms with Gasteiger partial charge in [-0.1, -0.05) is 53.4 Å². The monoisotopic (exact) mass is 679 g/mol. The summed E-state index contributed by atoms with van der Waals surface area (Å²) in [6, 6.07) is 14.4. The van der Waals surface area contributed by atoms with Gasteiger partial charge in [0.05, 0.1) is 27.8 Å². The molecule has 8 nitrogen and oxygen atoms in total. The zero-order valence-electron chi connectivity index (χ0n) is 22.9. The van der Waals surface area contributed by atoms with Crippen molar-refractivity contribution in [1.82, 2.24) is 4.98 Å². The lowest BCUT2D eigenvalue weighted by Gasteiger charge is -2.29. The molecule has 0 bridgehead atoms. The Kier molecular flexibility index (Phi) is 7.96. The molecule has 0 saturated carbocycles. The third-order valence-electron chi connectivity index (χ3n) is 7.36. The minimum Gasteiger partial charge on any atom is -0.484 e. The van der Waals surface area contributed by atoms with E-state index in [1.54, 1.807) is 0 Å². The minimum atomic E-state index is -4.83. The Morgan fingerprint density at radius 3 is 2.30 bits per heavy atom. The number of thioether (sulfide) groups is 1. The van der Waals surface area contributed by atoms with Crippen LogP contribution in [0.25, 0.3) is 0 Å². The molecule has 4 aromatic rings. The molecule has 1 saturated heterocycles. The summed E-state index contributed by atoms with van der Waals surface area (Å²) in [7, 11) is 0. The number of rotatable bonds is 6. The van der Waals surface area contributed by atoms with Gasteiger partial charge < -0.3 is 15.0 Å². The van der Waals surface area contributed by atoms with E-state index >= 15 is 0 Å². The number of aromatic nitrogens is 1. The van der Waals surface area contributed by atoms with Crippen molar-refractivity contribution in [2.75, 3.05) is 16.8 Å². The van der Waals surface area contributed by atoms with Crippen LogP contribution in [0.3, 0.4) is 0 Å². The topological polar surface area (TPSA) is 109 Å². The number of alkyl halides is 6. The Balaban J connectivity index is 1.24. The zero-order chi connectivity index (χ0) is 33.0. The smallest absolute Gasteiger partial charge is 0.418 e. The van der Waals surface area contributed by atoms with Gasteiger partial charge in [-0.2, -0.15) is 26.3 Å². The van der Waals surface area contributed by atoms with Crippen molar-refractivity contribution in [3.63, 3.8) is 0 Å². The van der Waals surface area contributed by atoms with E-state index in [1.165, 1.54) is 36.4 Å². The van der Waals surface area contributed by atoms with E-state index in [-0.39, 0.29) is 11.4 Å². The standard InChI is InChI=1S/C30H19F6N3O5S2/c31-29(32,33)15-4-3-5-16(12-15)37-20(40)13-44-17-10-8-14(9-11-17)21-22-24(45-25-23(21)46-28(43)38-25)27(42)39(26(22)41)19-7-2-1-6-18(19)30(34,35)36/h1-12,21-22,24H,13H2,(H,37,40)(H,38,43)/t21-,22?,24?/m1/s1. The highest BCUT2D eigenvalue weighted by atomic mass is 32.2. The molecule has 2 N–H and O–H groups in total. The molecular weight excluding hydrogens is 660 g/mol. The molecule has 3 atom stereocenters. The molecule has 16 heteroatoms. The second-order valence-corrected chi connectivity index (χ2v) is 12.4. The average Bonchev–Trinajstić information content (AvgIpc) is 3.49. The number of benzene rings is 3. The first-order chi connectivity index (χ1) is 21.7. The summed E-state index contributed by atoms with van der Waals surface area (Å²) in [4.78, 5) is 55.2. The first-order valence-electron chi connectivity index (χ1n) is 13.4. The summed E-state index contributed by atoms with van der Waals surface area (Å²) in [6.07, 6.45) is -9.42. The van der Waals surface area contributed by atoms with Gasteiger partial charge in [-0.3, -0.25) is 19.2 Å². The fourth-order valence-corrected chi connectivity index (χ4v) is 7.93. The Morgan fingerprint density at radius 2 is 1.61 bits per heavy atom. The molecule has 2 unspecified atom stereocenters. The fraction of sp³-hybridized carbons (Fsp3) is 0.200. The highest BCUT2D eigenvalue weighted by Crippen LogP contribution is 2.54. The Bertz CT molecular complexity index is 1900. The van der Waals surface area contributed by atoms with Gasteiger partial charge in [0.25, 0.3) is 5.91 Å². The summed E-state index contributed by atoms with van der Waals surface area (Å²) in [6.45, 7) is -0.551. The quantitative estimate of drug-likeness (QED) is 0.183. The number of halogens is 6. The van der Waals surface area contributed by atoms with Gasteiger partial charge in [-0.05, 0) is 48.0 Å². The van der Waals surface area contributed by atoms with E-state index < -0.39 is 75.5 Å². The third kappa shape index (κ3) is 5.89. The molecule has 0 aliphatic carbocycles. The normalized spacial score (nSPS) is 19.5. The second kappa shape index (κ2) is 11.7. The molecule has 46 heavy (non-hydrogen) atoms. The van der Waals surface area contributed by atoms with E-state index in [4.69, 9.17) is 4.74 Å². The van der Waals surface area contributed by atoms with E-state index in [2.05, 4.69) is 10.3 Å². The van der Waals surface area contributed by atoms with Crippen LogP contribution in [-0.2, 0) is 26.7 Å². The molecule has 0 radical (unpaired) electrons. The number of nitrogens with one attached hydrogen (secondary N) is 2. The van der Waals surface area contributed by atoms with Crippen molar-refractivity contribution in [1.29, 1.82) is 0 Å². The van der Waals surface area contributed by atoms with Gasteiger partial charge in [0, 0.05) is 16.5 Å². The van der Waals surface area contributed by atoms with Gasteiger partial charge in [-0.15, -0.1) is 0 Å².